The zero-order chi connectivity index (χ0) is 18.1. The lowest BCUT2D eigenvalue weighted by Crippen LogP contribution is -2.41. The van der Waals surface area contributed by atoms with E-state index in [0.29, 0.717) is 15.9 Å². The van der Waals surface area contributed by atoms with Crippen LogP contribution in [0.1, 0.15) is 17.4 Å². The first-order chi connectivity index (χ1) is 12.6. The number of aryl methyl sites for hydroxylation is 1. The van der Waals surface area contributed by atoms with Crippen LogP contribution in [0.3, 0.4) is 0 Å². The van der Waals surface area contributed by atoms with Crippen molar-refractivity contribution in [2.75, 3.05) is 10.7 Å². The molecule has 6 nitrogen and oxygen atoms in total. The van der Waals surface area contributed by atoms with Crippen LogP contribution >= 0.6 is 23.4 Å². The Kier molecular flexibility index (Phi) is 4.57. The lowest BCUT2D eigenvalue weighted by Gasteiger charge is -2.32. The summed E-state index contributed by atoms with van der Waals surface area (Å²) in [7, 11) is 0. The van der Waals surface area contributed by atoms with E-state index >= 15 is 0 Å². The van der Waals surface area contributed by atoms with Crippen molar-refractivity contribution in [2.45, 2.75) is 23.4 Å². The molecule has 0 spiro atoms. The molecule has 1 aromatic heterocycles. The first-order valence-corrected chi connectivity index (χ1v) is 9.35. The summed E-state index contributed by atoms with van der Waals surface area (Å²) in [6.07, 6.45) is 0. The van der Waals surface area contributed by atoms with E-state index in [9.17, 15) is 4.79 Å². The fourth-order valence-electron chi connectivity index (χ4n) is 2.84. The number of fused-ring (bicyclic) bond motifs is 1. The molecule has 1 aliphatic rings. The molecule has 4 rings (SSSR count). The van der Waals surface area contributed by atoms with Crippen LogP contribution in [0.5, 0.6) is 0 Å². The van der Waals surface area contributed by atoms with Gasteiger partial charge in [-0.15, -0.1) is 10.2 Å². The minimum atomic E-state index is -0.426. The minimum absolute atomic E-state index is 0.142. The molecule has 2 heterocycles. The standard InChI is InChI=1S/C18H16ClN5OS/c1-11-21-22-18-24(11)23-15(12-7-3-2-4-8-12)16(26-18)17(25)20-14-10-6-5-9-13(14)19/h2-10,15-16,23H,1H3,(H,20,25). The average Bonchev–Trinajstić information content (AvgIpc) is 3.03. The molecule has 0 saturated heterocycles. The van der Waals surface area contributed by atoms with Crippen LogP contribution in [0, 0.1) is 6.92 Å². The lowest BCUT2D eigenvalue weighted by atomic mass is 10.0. The van der Waals surface area contributed by atoms with E-state index in [-0.39, 0.29) is 11.9 Å². The van der Waals surface area contributed by atoms with Gasteiger partial charge in [-0.25, -0.2) is 4.68 Å². The Morgan fingerprint density at radius 3 is 2.65 bits per heavy atom. The van der Waals surface area contributed by atoms with Gasteiger partial charge in [0.05, 0.1) is 16.8 Å². The number of anilines is 1. The number of nitrogens with zero attached hydrogens (tertiary/aromatic N) is 3. The van der Waals surface area contributed by atoms with Crippen molar-refractivity contribution in [3.8, 4) is 0 Å². The Balaban J connectivity index is 1.67. The number of nitrogens with one attached hydrogen (secondary N) is 2. The molecule has 1 aliphatic heterocycles. The van der Waals surface area contributed by atoms with Gasteiger partial charge in [-0.05, 0) is 24.6 Å². The quantitative estimate of drug-likeness (QED) is 0.720. The molecule has 2 N–H and O–H groups in total. The van der Waals surface area contributed by atoms with Crippen molar-refractivity contribution in [1.82, 2.24) is 14.9 Å². The number of hydrogen-bond donors (Lipinski definition) is 2. The largest absolute Gasteiger partial charge is 0.324 e. The van der Waals surface area contributed by atoms with E-state index in [1.165, 1.54) is 11.8 Å². The molecular formula is C18H16ClN5OS. The second kappa shape index (κ2) is 7.01. The summed E-state index contributed by atoms with van der Waals surface area (Å²) in [6, 6.07) is 16.8. The molecule has 132 valence electrons. The topological polar surface area (TPSA) is 71.8 Å². The summed E-state index contributed by atoms with van der Waals surface area (Å²) in [5, 5.41) is 11.9. The first-order valence-electron chi connectivity index (χ1n) is 8.09. The van der Waals surface area contributed by atoms with Crippen LogP contribution < -0.4 is 10.7 Å². The molecule has 2 unspecified atom stereocenters. The van der Waals surface area contributed by atoms with Gasteiger partial charge < -0.3 is 10.7 Å². The van der Waals surface area contributed by atoms with E-state index in [1.807, 2.05) is 54.1 Å². The molecule has 2 atom stereocenters. The number of rotatable bonds is 3. The summed E-state index contributed by atoms with van der Waals surface area (Å²) in [5.41, 5.74) is 4.97. The fourth-order valence-corrected chi connectivity index (χ4v) is 4.15. The van der Waals surface area contributed by atoms with Gasteiger partial charge in [-0.2, -0.15) is 0 Å². The van der Waals surface area contributed by atoms with E-state index < -0.39 is 5.25 Å². The molecule has 0 saturated carbocycles. The molecule has 8 heteroatoms. The van der Waals surface area contributed by atoms with Crippen LogP contribution in [-0.2, 0) is 4.79 Å². The third-order valence-electron chi connectivity index (χ3n) is 4.15. The highest BCUT2D eigenvalue weighted by molar-refractivity contribution is 8.00. The zero-order valence-electron chi connectivity index (χ0n) is 13.9. The summed E-state index contributed by atoms with van der Waals surface area (Å²) in [5.74, 6) is 0.606. The number of thioether (sulfide) groups is 1. The van der Waals surface area contributed by atoms with E-state index in [1.54, 1.807) is 12.1 Å². The molecule has 26 heavy (non-hydrogen) atoms. The third-order valence-corrected chi connectivity index (χ3v) is 5.69. The second-order valence-corrected chi connectivity index (χ2v) is 7.41. The molecular weight excluding hydrogens is 370 g/mol. The van der Waals surface area contributed by atoms with Gasteiger partial charge in [0.2, 0.25) is 11.1 Å². The van der Waals surface area contributed by atoms with Gasteiger partial charge >= 0.3 is 0 Å². The van der Waals surface area contributed by atoms with E-state index in [4.69, 9.17) is 11.6 Å². The van der Waals surface area contributed by atoms with Crippen molar-refractivity contribution in [3.63, 3.8) is 0 Å². The van der Waals surface area contributed by atoms with Crippen LogP contribution in [0.15, 0.2) is 59.8 Å². The molecule has 0 aliphatic carbocycles. The molecule has 3 aromatic rings. The van der Waals surface area contributed by atoms with E-state index in [0.717, 1.165) is 11.4 Å². The van der Waals surface area contributed by atoms with Crippen LogP contribution in [0.25, 0.3) is 0 Å². The number of carbonyl (C=O) groups is 1. The van der Waals surface area contributed by atoms with Gasteiger partial charge in [0.1, 0.15) is 11.1 Å². The van der Waals surface area contributed by atoms with Gasteiger partial charge in [0.15, 0.2) is 0 Å². The monoisotopic (exact) mass is 385 g/mol. The maximum absolute atomic E-state index is 13.0. The summed E-state index contributed by atoms with van der Waals surface area (Å²) in [4.78, 5) is 13.0. The second-order valence-electron chi connectivity index (χ2n) is 5.89. The first kappa shape index (κ1) is 16.9. The molecule has 0 radical (unpaired) electrons. The van der Waals surface area contributed by atoms with Crippen LogP contribution in [0.4, 0.5) is 5.69 Å². The van der Waals surface area contributed by atoms with Crippen molar-refractivity contribution in [3.05, 3.63) is 71.0 Å². The maximum Gasteiger partial charge on any atom is 0.240 e. The predicted molar refractivity (Wildman–Crippen MR) is 103 cm³/mol. The fraction of sp³-hybridized carbons (Fsp3) is 0.167. The molecule has 2 aromatic carbocycles. The highest BCUT2D eigenvalue weighted by Crippen LogP contribution is 2.37. The number of amides is 1. The Bertz CT molecular complexity index is 946. The van der Waals surface area contributed by atoms with Crippen molar-refractivity contribution < 1.29 is 4.79 Å². The van der Waals surface area contributed by atoms with Crippen molar-refractivity contribution in [1.29, 1.82) is 0 Å². The molecule has 0 fully saturated rings. The normalized spacial score (nSPS) is 18.7. The summed E-state index contributed by atoms with van der Waals surface area (Å²) < 4.78 is 1.82. The Hall–Kier alpha value is -2.51. The van der Waals surface area contributed by atoms with Gasteiger partial charge in [0.25, 0.3) is 0 Å². The van der Waals surface area contributed by atoms with Crippen molar-refractivity contribution >= 4 is 35.0 Å². The van der Waals surface area contributed by atoms with Gasteiger partial charge in [-0.3, -0.25) is 4.79 Å². The number of carbonyl (C=O) groups excluding carboxylic acids is 1. The zero-order valence-corrected chi connectivity index (χ0v) is 15.5. The van der Waals surface area contributed by atoms with Gasteiger partial charge in [-0.1, -0.05) is 65.8 Å². The minimum Gasteiger partial charge on any atom is -0.324 e. The molecule has 1 amide bonds. The Labute approximate surface area is 159 Å². The third kappa shape index (κ3) is 3.15. The maximum atomic E-state index is 13.0. The molecule has 0 bridgehead atoms. The average molecular weight is 386 g/mol. The SMILES string of the molecule is Cc1nnc2n1NC(c1ccccc1)C(C(=O)Nc1ccccc1Cl)S2. The predicted octanol–water partition coefficient (Wildman–Crippen LogP) is 3.64. The summed E-state index contributed by atoms with van der Waals surface area (Å²) >= 11 is 7.57. The Morgan fingerprint density at radius 1 is 1.15 bits per heavy atom. The van der Waals surface area contributed by atoms with Crippen LogP contribution in [-0.4, -0.2) is 26.0 Å². The number of para-hydroxylation sites is 1. The Morgan fingerprint density at radius 2 is 1.88 bits per heavy atom. The van der Waals surface area contributed by atoms with E-state index in [2.05, 4.69) is 20.9 Å². The lowest BCUT2D eigenvalue weighted by molar-refractivity contribution is -0.116. The highest BCUT2D eigenvalue weighted by atomic mass is 35.5. The summed E-state index contributed by atoms with van der Waals surface area (Å²) in [6.45, 7) is 1.87. The number of hydrogen-bond acceptors (Lipinski definition) is 5. The smallest absolute Gasteiger partial charge is 0.240 e. The van der Waals surface area contributed by atoms with Gasteiger partial charge in [0, 0.05) is 0 Å². The number of halogens is 1. The van der Waals surface area contributed by atoms with Crippen molar-refractivity contribution in [2.24, 2.45) is 0 Å². The number of aromatic nitrogens is 3. The number of benzene rings is 2. The highest BCUT2D eigenvalue weighted by Gasteiger charge is 2.37. The van der Waals surface area contributed by atoms with Crippen LogP contribution in [0.2, 0.25) is 5.02 Å².